The maximum Gasteiger partial charge on any atom is 0.254 e. The number of anilines is 1. The van der Waals surface area contributed by atoms with Crippen LogP contribution in [0.25, 0.3) is 11.2 Å². The number of nitrogen functional groups attached to an aromatic ring is 1. The van der Waals surface area contributed by atoms with E-state index in [2.05, 4.69) is 48.8 Å². The van der Waals surface area contributed by atoms with Gasteiger partial charge in [-0.3, -0.25) is 4.57 Å². The number of aliphatic hydroxyl groups excluding tert-OH is 1. The Labute approximate surface area is 317 Å². The molecule has 3 N–H and O–H groups in total. The topological polar surface area (TPSA) is 152 Å². The van der Waals surface area contributed by atoms with E-state index in [0.29, 0.717) is 22.7 Å². The van der Waals surface area contributed by atoms with Crippen molar-refractivity contribution in [3.8, 4) is 11.5 Å². The van der Waals surface area contributed by atoms with E-state index in [9.17, 15) is 5.11 Å². The number of nitrogens with zero attached hydrogens (tertiary/aromatic N) is 6. The fourth-order valence-corrected chi connectivity index (χ4v) is 7.63. The van der Waals surface area contributed by atoms with Crippen LogP contribution in [-0.2, 0) is 19.5 Å². The lowest BCUT2D eigenvalue weighted by Crippen LogP contribution is -2.49. The average molecular weight is 754 g/mol. The van der Waals surface area contributed by atoms with Crippen molar-refractivity contribution >= 4 is 37.6 Å². The van der Waals surface area contributed by atoms with E-state index < -0.39 is 38.5 Å². The van der Waals surface area contributed by atoms with Gasteiger partial charge in [0, 0.05) is 14.1 Å². The van der Waals surface area contributed by atoms with E-state index in [0.717, 1.165) is 16.7 Å². The van der Waals surface area contributed by atoms with E-state index in [1.165, 1.54) is 0 Å². The molecule has 0 spiro atoms. The monoisotopic (exact) mass is 753 g/mol. The molecule has 3 heterocycles. The van der Waals surface area contributed by atoms with Gasteiger partial charge in [-0.25, -0.2) is 9.98 Å². The SMILES string of the molecule is COc1ccc(C(OC[C@H]2O[C@@H](n3cnc4c(N)nc(N=CN(C)C)nc43)[C@H](O[Si](C)(C)C(C)(C)C)[C@@H]2O)(c2ccccc2)c2ccc(OC)cc2)cc1. The third kappa shape index (κ3) is 7.57. The first-order valence-electron chi connectivity index (χ1n) is 17.9. The number of aromatic nitrogens is 4. The molecule has 14 heteroatoms. The van der Waals surface area contributed by atoms with Gasteiger partial charge in [-0.2, -0.15) is 9.97 Å². The molecule has 1 saturated heterocycles. The maximum atomic E-state index is 12.3. The Morgan fingerprint density at radius 1 is 0.907 bits per heavy atom. The number of hydrogen-bond donors (Lipinski definition) is 2. The minimum Gasteiger partial charge on any atom is -0.497 e. The van der Waals surface area contributed by atoms with Gasteiger partial charge in [0.05, 0.1) is 33.5 Å². The molecular weight excluding hydrogens is 703 g/mol. The van der Waals surface area contributed by atoms with E-state index in [1.54, 1.807) is 36.4 Å². The molecule has 1 aliphatic rings. The standard InChI is InChI=1S/C40H51N7O6Si/c1-39(2,3)54(8,9)53-34-33(48)31(52-37(34)47-25-42-32-35(41)44-38(45-36(32)47)43-24-46(4)5)23-51-40(26-13-11-10-12-14-26,27-15-19-29(49-6)20-16-27)28-17-21-30(50-7)22-18-28/h10-22,24-25,31,33-34,37,48H,23H2,1-9H3,(H2,41,44,45)/t31-,33-,34-,37-/m1/s1. The highest BCUT2D eigenvalue weighted by atomic mass is 28.4. The molecule has 0 bridgehead atoms. The Kier molecular flexibility index (Phi) is 11.1. The molecule has 3 aromatic carbocycles. The van der Waals surface area contributed by atoms with Gasteiger partial charge < -0.3 is 39.1 Å². The van der Waals surface area contributed by atoms with Crippen LogP contribution in [0.5, 0.6) is 11.5 Å². The number of methoxy groups -OCH3 is 2. The van der Waals surface area contributed by atoms with Crippen molar-refractivity contribution in [2.75, 3.05) is 40.7 Å². The van der Waals surface area contributed by atoms with Crippen molar-refractivity contribution in [1.82, 2.24) is 24.4 Å². The van der Waals surface area contributed by atoms with Gasteiger partial charge in [0.25, 0.3) is 5.95 Å². The van der Waals surface area contributed by atoms with Gasteiger partial charge in [0.15, 0.2) is 26.0 Å². The van der Waals surface area contributed by atoms with Crippen molar-refractivity contribution in [1.29, 1.82) is 0 Å². The van der Waals surface area contributed by atoms with E-state index >= 15 is 0 Å². The van der Waals surface area contributed by atoms with Gasteiger partial charge in [-0.15, -0.1) is 0 Å². The fourth-order valence-electron chi connectivity index (χ4n) is 6.34. The smallest absolute Gasteiger partial charge is 0.254 e. The number of imidazole rings is 1. The molecule has 2 aromatic heterocycles. The molecule has 0 saturated carbocycles. The van der Waals surface area contributed by atoms with Crippen molar-refractivity contribution < 1.29 is 28.5 Å². The zero-order valence-electron chi connectivity index (χ0n) is 32.4. The number of aliphatic imine (C=N–C) groups is 1. The summed E-state index contributed by atoms with van der Waals surface area (Å²) in [5.74, 6) is 1.77. The predicted molar refractivity (Wildman–Crippen MR) is 212 cm³/mol. The number of rotatable bonds is 13. The van der Waals surface area contributed by atoms with Crippen molar-refractivity contribution in [3.05, 3.63) is 102 Å². The summed E-state index contributed by atoms with van der Waals surface area (Å²) in [5.41, 5.74) is 8.63. The summed E-state index contributed by atoms with van der Waals surface area (Å²) in [4.78, 5) is 19.7. The highest BCUT2D eigenvalue weighted by Crippen LogP contribution is 2.45. The molecule has 5 aromatic rings. The summed E-state index contributed by atoms with van der Waals surface area (Å²) in [6.45, 7) is 10.8. The maximum absolute atomic E-state index is 12.3. The second-order valence-electron chi connectivity index (χ2n) is 15.2. The molecule has 1 aliphatic heterocycles. The Hall–Kier alpha value is -4.86. The molecule has 0 aliphatic carbocycles. The third-order valence-corrected chi connectivity index (χ3v) is 14.8. The van der Waals surface area contributed by atoms with Crippen LogP contribution in [0.2, 0.25) is 18.1 Å². The first-order valence-corrected chi connectivity index (χ1v) is 20.8. The number of ether oxygens (including phenoxy) is 4. The summed E-state index contributed by atoms with van der Waals surface area (Å²) >= 11 is 0. The zero-order chi connectivity index (χ0) is 38.8. The van der Waals surface area contributed by atoms with Gasteiger partial charge in [0.1, 0.15) is 40.9 Å². The Bertz CT molecular complexity index is 2000. The van der Waals surface area contributed by atoms with E-state index in [1.807, 2.05) is 93.0 Å². The van der Waals surface area contributed by atoms with Gasteiger partial charge >= 0.3 is 0 Å². The van der Waals surface area contributed by atoms with Gasteiger partial charge in [-0.05, 0) is 59.1 Å². The normalized spacial score (nSPS) is 19.4. The van der Waals surface area contributed by atoms with Crippen LogP contribution in [-0.4, -0.2) is 97.4 Å². The quantitative estimate of drug-likeness (QED) is 0.0603. The molecule has 286 valence electrons. The Morgan fingerprint density at radius 3 is 2.02 bits per heavy atom. The summed E-state index contributed by atoms with van der Waals surface area (Å²) in [6, 6.07) is 25.6. The lowest BCUT2D eigenvalue weighted by molar-refractivity contribution is -0.0940. The van der Waals surface area contributed by atoms with E-state index in [4.69, 9.17) is 34.1 Å². The van der Waals surface area contributed by atoms with Crippen LogP contribution in [0.15, 0.2) is 90.2 Å². The third-order valence-electron chi connectivity index (χ3n) is 10.3. The number of fused-ring (bicyclic) bond motifs is 1. The first-order chi connectivity index (χ1) is 25.7. The molecule has 0 radical (unpaired) electrons. The zero-order valence-corrected chi connectivity index (χ0v) is 33.4. The molecule has 13 nitrogen and oxygen atoms in total. The van der Waals surface area contributed by atoms with Crippen LogP contribution in [0, 0.1) is 0 Å². The van der Waals surface area contributed by atoms with Gasteiger partial charge in [0.2, 0.25) is 0 Å². The fraction of sp³-hybridized carbons (Fsp3) is 0.400. The minimum atomic E-state index is -2.47. The highest BCUT2D eigenvalue weighted by Gasteiger charge is 2.52. The number of benzene rings is 3. The first kappa shape index (κ1) is 38.8. The van der Waals surface area contributed by atoms with Crippen LogP contribution >= 0.6 is 0 Å². The molecule has 0 unspecified atom stereocenters. The molecule has 0 amide bonds. The summed E-state index contributed by atoms with van der Waals surface area (Å²) in [6.07, 6.45) is -0.352. The lowest BCUT2D eigenvalue weighted by atomic mass is 9.80. The molecular formula is C40H51N7O6Si. The van der Waals surface area contributed by atoms with E-state index in [-0.39, 0.29) is 23.4 Å². The second kappa shape index (κ2) is 15.5. The minimum absolute atomic E-state index is 0.00981. The van der Waals surface area contributed by atoms with Crippen LogP contribution in [0.1, 0.15) is 43.7 Å². The highest BCUT2D eigenvalue weighted by molar-refractivity contribution is 6.74. The second-order valence-corrected chi connectivity index (χ2v) is 19.9. The largest absolute Gasteiger partial charge is 0.497 e. The molecule has 54 heavy (non-hydrogen) atoms. The van der Waals surface area contributed by atoms with Crippen LogP contribution in [0.4, 0.5) is 11.8 Å². The molecule has 6 rings (SSSR count). The summed E-state index contributed by atoms with van der Waals surface area (Å²) in [5, 5.41) is 12.1. The average Bonchev–Trinajstić information content (AvgIpc) is 3.71. The van der Waals surface area contributed by atoms with Crippen molar-refractivity contribution in [3.63, 3.8) is 0 Å². The Balaban J connectivity index is 1.44. The number of aliphatic hydroxyl groups is 1. The number of hydrogen-bond acceptors (Lipinski definition) is 11. The molecule has 4 atom stereocenters. The van der Waals surface area contributed by atoms with Gasteiger partial charge in [-0.1, -0.05) is 75.4 Å². The number of nitrogens with two attached hydrogens (primary N) is 1. The van der Waals surface area contributed by atoms with Crippen molar-refractivity contribution in [2.24, 2.45) is 4.99 Å². The Morgan fingerprint density at radius 2 is 1.48 bits per heavy atom. The van der Waals surface area contributed by atoms with Crippen LogP contribution < -0.4 is 15.2 Å². The van der Waals surface area contributed by atoms with Crippen LogP contribution in [0.3, 0.4) is 0 Å². The predicted octanol–water partition coefficient (Wildman–Crippen LogP) is 6.30. The summed E-state index contributed by atoms with van der Waals surface area (Å²) < 4.78 is 33.8. The molecule has 1 fully saturated rings. The van der Waals surface area contributed by atoms with Crippen molar-refractivity contribution in [2.45, 2.75) is 69.0 Å². The lowest BCUT2D eigenvalue weighted by Gasteiger charge is -2.40. The summed E-state index contributed by atoms with van der Waals surface area (Å²) in [7, 11) is 4.51.